The normalized spacial score (nSPS) is 15.6. The van der Waals surface area contributed by atoms with E-state index in [4.69, 9.17) is 0 Å². The summed E-state index contributed by atoms with van der Waals surface area (Å²) in [5.74, 6) is 0. The van der Waals surface area contributed by atoms with E-state index in [-0.39, 0.29) is 6.04 Å². The Labute approximate surface area is 118 Å². The molecule has 2 aromatic carbocycles. The highest BCUT2D eigenvalue weighted by atomic mass is 15.5. The fourth-order valence-electron chi connectivity index (χ4n) is 2.44. The Hall–Kier alpha value is -2.60. The minimum absolute atomic E-state index is 0.308. The number of nitrogens with zero attached hydrogens (tertiary/aromatic N) is 3. The molecule has 3 nitrogen and oxygen atoms in total. The van der Waals surface area contributed by atoms with Gasteiger partial charge in [0.05, 0.1) is 11.8 Å². The van der Waals surface area contributed by atoms with Crippen molar-refractivity contribution < 1.29 is 0 Å². The summed E-state index contributed by atoms with van der Waals surface area (Å²) in [5, 5.41) is 16.0. The number of hydrogen-bond acceptors (Lipinski definition) is 3. The van der Waals surface area contributed by atoms with Crippen molar-refractivity contribution >= 4 is 5.71 Å². The van der Waals surface area contributed by atoms with E-state index >= 15 is 0 Å². The predicted octanol–water partition coefficient (Wildman–Crippen LogP) is 3.36. The molecule has 1 atom stereocenters. The van der Waals surface area contributed by atoms with Crippen LogP contribution in [0.5, 0.6) is 0 Å². The lowest BCUT2D eigenvalue weighted by molar-refractivity contribution is 0.275. The second kappa shape index (κ2) is 5.58. The maximum Gasteiger partial charge on any atom is 0.158 e. The molecule has 20 heavy (non-hydrogen) atoms. The quantitative estimate of drug-likeness (QED) is 0.849. The molecule has 0 aromatic heterocycles. The van der Waals surface area contributed by atoms with Crippen molar-refractivity contribution in [3.05, 3.63) is 71.8 Å². The zero-order valence-electron chi connectivity index (χ0n) is 11.1. The van der Waals surface area contributed by atoms with Gasteiger partial charge in [-0.05, 0) is 11.1 Å². The highest BCUT2D eigenvalue weighted by molar-refractivity contribution is 6.01. The third kappa shape index (κ3) is 2.41. The Kier molecular flexibility index (Phi) is 3.47. The van der Waals surface area contributed by atoms with Crippen LogP contribution < -0.4 is 0 Å². The van der Waals surface area contributed by atoms with E-state index in [1.165, 1.54) is 0 Å². The highest BCUT2D eigenvalue weighted by Crippen LogP contribution is 2.25. The monoisotopic (exact) mass is 261 g/mol. The van der Waals surface area contributed by atoms with Gasteiger partial charge in [0, 0.05) is 13.0 Å². The number of hydrazone groups is 1. The third-order valence-electron chi connectivity index (χ3n) is 3.47. The molecule has 98 valence electrons. The second-order valence-corrected chi connectivity index (χ2v) is 4.77. The van der Waals surface area contributed by atoms with Gasteiger partial charge in [0.2, 0.25) is 0 Å². The van der Waals surface area contributed by atoms with Crippen LogP contribution in [0, 0.1) is 11.3 Å². The van der Waals surface area contributed by atoms with Crippen LogP contribution in [0.15, 0.2) is 65.8 Å². The molecule has 0 radical (unpaired) electrons. The molecule has 0 aliphatic carbocycles. The van der Waals surface area contributed by atoms with Crippen LogP contribution in [0.4, 0.5) is 0 Å². The van der Waals surface area contributed by atoms with Gasteiger partial charge in [-0.2, -0.15) is 10.4 Å². The molecule has 0 saturated carbocycles. The Balaban J connectivity index is 1.86. The van der Waals surface area contributed by atoms with Gasteiger partial charge in [-0.15, -0.1) is 0 Å². The molecule has 1 aliphatic heterocycles. The molecule has 1 aliphatic rings. The summed E-state index contributed by atoms with van der Waals surface area (Å²) in [6.45, 7) is 0.789. The van der Waals surface area contributed by atoms with Crippen molar-refractivity contribution in [1.82, 2.24) is 5.01 Å². The fourth-order valence-corrected chi connectivity index (χ4v) is 2.44. The first-order valence-electron chi connectivity index (χ1n) is 6.72. The lowest BCUT2D eigenvalue weighted by atomic mass is 10.1. The van der Waals surface area contributed by atoms with Gasteiger partial charge >= 0.3 is 0 Å². The molecule has 3 heteroatoms. The molecule has 2 aromatic rings. The molecule has 0 spiro atoms. The summed E-state index contributed by atoms with van der Waals surface area (Å²) >= 11 is 0. The molecular weight excluding hydrogens is 246 g/mol. The number of hydrogen-bond donors (Lipinski definition) is 0. The van der Waals surface area contributed by atoms with Crippen LogP contribution in [0.2, 0.25) is 0 Å². The summed E-state index contributed by atoms with van der Waals surface area (Å²) < 4.78 is 0. The van der Waals surface area contributed by atoms with E-state index in [2.05, 4.69) is 23.3 Å². The SMILES string of the molecule is N#C[C@@H](c1ccccc1)N1CCC(c2ccccc2)=N1. The van der Waals surface area contributed by atoms with Gasteiger partial charge in [-0.25, -0.2) is 0 Å². The van der Waals surface area contributed by atoms with E-state index in [9.17, 15) is 5.26 Å². The lowest BCUT2D eigenvalue weighted by Crippen LogP contribution is -2.19. The summed E-state index contributed by atoms with van der Waals surface area (Å²) in [7, 11) is 0. The van der Waals surface area contributed by atoms with Crippen molar-refractivity contribution in [2.75, 3.05) is 6.54 Å². The van der Waals surface area contributed by atoms with Crippen molar-refractivity contribution in [3.8, 4) is 6.07 Å². The van der Waals surface area contributed by atoms with E-state index in [1.54, 1.807) is 0 Å². The van der Waals surface area contributed by atoms with Gasteiger partial charge < -0.3 is 0 Å². The van der Waals surface area contributed by atoms with Crippen molar-refractivity contribution in [2.45, 2.75) is 12.5 Å². The topological polar surface area (TPSA) is 39.4 Å². The molecule has 1 heterocycles. The van der Waals surface area contributed by atoms with Gasteiger partial charge in [0.15, 0.2) is 6.04 Å². The van der Waals surface area contributed by atoms with E-state index < -0.39 is 0 Å². The average Bonchev–Trinajstić information content (AvgIpc) is 3.00. The van der Waals surface area contributed by atoms with Crippen LogP contribution in [-0.2, 0) is 0 Å². The number of nitriles is 1. The van der Waals surface area contributed by atoms with Crippen molar-refractivity contribution in [3.63, 3.8) is 0 Å². The molecular formula is C17H15N3. The molecule has 0 bridgehead atoms. The summed E-state index contributed by atoms with van der Waals surface area (Å²) in [6, 6.07) is 22.0. The van der Waals surface area contributed by atoms with Crippen LogP contribution in [-0.4, -0.2) is 17.3 Å². The van der Waals surface area contributed by atoms with Crippen LogP contribution >= 0.6 is 0 Å². The minimum Gasteiger partial charge on any atom is -0.275 e. The summed E-state index contributed by atoms with van der Waals surface area (Å²) in [5.41, 5.74) is 3.19. The van der Waals surface area contributed by atoms with Gasteiger partial charge in [-0.3, -0.25) is 5.01 Å². The molecule has 3 rings (SSSR count). The molecule has 0 saturated heterocycles. The first-order valence-corrected chi connectivity index (χ1v) is 6.72. The van der Waals surface area contributed by atoms with Gasteiger partial charge in [-0.1, -0.05) is 60.7 Å². The maximum absolute atomic E-state index is 9.44. The lowest BCUT2D eigenvalue weighted by Gasteiger charge is -2.20. The third-order valence-corrected chi connectivity index (χ3v) is 3.47. The van der Waals surface area contributed by atoms with Crippen LogP contribution in [0.3, 0.4) is 0 Å². The molecule has 0 N–H and O–H groups in total. The Morgan fingerprint density at radius 2 is 1.65 bits per heavy atom. The van der Waals surface area contributed by atoms with E-state index in [1.807, 2.05) is 53.5 Å². The Morgan fingerprint density at radius 1 is 1.00 bits per heavy atom. The number of benzene rings is 2. The van der Waals surface area contributed by atoms with Gasteiger partial charge in [0.1, 0.15) is 0 Å². The molecule has 0 amide bonds. The minimum atomic E-state index is -0.308. The van der Waals surface area contributed by atoms with Crippen LogP contribution in [0.25, 0.3) is 0 Å². The zero-order chi connectivity index (χ0) is 13.8. The first kappa shape index (κ1) is 12.4. The molecule has 0 unspecified atom stereocenters. The van der Waals surface area contributed by atoms with E-state index in [0.29, 0.717) is 0 Å². The smallest absolute Gasteiger partial charge is 0.158 e. The predicted molar refractivity (Wildman–Crippen MR) is 79.1 cm³/mol. The maximum atomic E-state index is 9.44. The Morgan fingerprint density at radius 3 is 2.30 bits per heavy atom. The van der Waals surface area contributed by atoms with Gasteiger partial charge in [0.25, 0.3) is 0 Å². The summed E-state index contributed by atoms with van der Waals surface area (Å²) in [4.78, 5) is 0. The Bertz CT molecular complexity index is 641. The average molecular weight is 261 g/mol. The molecule has 0 fully saturated rings. The fraction of sp³-hybridized carbons (Fsp3) is 0.176. The first-order chi connectivity index (χ1) is 9.88. The highest BCUT2D eigenvalue weighted by Gasteiger charge is 2.24. The second-order valence-electron chi connectivity index (χ2n) is 4.77. The van der Waals surface area contributed by atoms with Crippen molar-refractivity contribution in [2.24, 2.45) is 5.10 Å². The van der Waals surface area contributed by atoms with E-state index in [0.717, 1.165) is 29.8 Å². The summed E-state index contributed by atoms with van der Waals surface area (Å²) in [6.07, 6.45) is 0.884. The van der Waals surface area contributed by atoms with Crippen molar-refractivity contribution in [1.29, 1.82) is 5.26 Å². The standard InChI is InChI=1S/C17H15N3/c18-13-17(15-9-5-2-6-10-15)20-12-11-16(19-20)14-7-3-1-4-8-14/h1-10,17H,11-12H2/t17-/m0/s1. The largest absolute Gasteiger partial charge is 0.275 e. The van der Waals surface area contributed by atoms with Crippen LogP contribution in [0.1, 0.15) is 23.6 Å². The zero-order valence-corrected chi connectivity index (χ0v) is 11.1. The number of rotatable bonds is 3.